The second-order valence-corrected chi connectivity index (χ2v) is 13.2. The summed E-state index contributed by atoms with van der Waals surface area (Å²) in [5, 5.41) is 1.37. The van der Waals surface area contributed by atoms with Crippen molar-refractivity contribution in [2.45, 2.75) is 111 Å². The maximum atomic E-state index is 12.9. The number of benzene rings is 2. The predicted molar refractivity (Wildman–Crippen MR) is 173 cm³/mol. The van der Waals surface area contributed by atoms with Gasteiger partial charge >= 0.3 is 12.2 Å². The quantitative estimate of drug-likeness (QED) is 0.107. The first-order valence-electron chi connectivity index (χ1n) is 16.6. The van der Waals surface area contributed by atoms with Gasteiger partial charge in [0.25, 0.3) is 5.69 Å². The smallest absolute Gasteiger partial charge is 0.394 e. The molecule has 0 radical (unpaired) electrons. The lowest BCUT2D eigenvalue weighted by molar-refractivity contribution is -0.757. The third-order valence-electron chi connectivity index (χ3n) is 10.7. The van der Waals surface area contributed by atoms with Crippen molar-refractivity contribution in [2.75, 3.05) is 0 Å². The van der Waals surface area contributed by atoms with Crippen LogP contribution in [0.1, 0.15) is 118 Å². The number of carbonyl (C=O) groups is 1. The van der Waals surface area contributed by atoms with Crippen LogP contribution >= 0.6 is 0 Å². The molecule has 3 unspecified atom stereocenters. The lowest BCUT2D eigenvalue weighted by Gasteiger charge is -2.41. The standard InChI is InChI=1S/C39H48N2O2/c1-7-10-11-15-26(4)22-29-16-14-18-34-30(29)19-20-35-32-24-28(6)27(5)23-31(32)33(39(8-2,9-3)41(34)35)25-37-40-21-13-12-17-36(40)38(42)43-37/h12-14,16-21,23-24,26,33,37H,7-11,15,22,25H2,1-6H3/q+2. The molecule has 0 bridgehead atoms. The molecule has 0 aliphatic carbocycles. The van der Waals surface area contributed by atoms with Gasteiger partial charge in [-0.05, 0) is 66.6 Å². The lowest BCUT2D eigenvalue weighted by atomic mass is 9.68. The molecule has 43 heavy (non-hydrogen) atoms. The van der Waals surface area contributed by atoms with Crippen LogP contribution in [-0.2, 0) is 16.7 Å². The van der Waals surface area contributed by atoms with E-state index in [1.54, 1.807) is 0 Å². The van der Waals surface area contributed by atoms with E-state index in [9.17, 15) is 4.79 Å². The summed E-state index contributed by atoms with van der Waals surface area (Å²) in [5.74, 6) is 0.609. The summed E-state index contributed by atoms with van der Waals surface area (Å²) < 4.78 is 10.8. The van der Waals surface area contributed by atoms with Gasteiger partial charge in [0.2, 0.25) is 11.2 Å². The van der Waals surface area contributed by atoms with E-state index in [2.05, 4.69) is 88.6 Å². The summed E-state index contributed by atoms with van der Waals surface area (Å²) in [7, 11) is 0. The van der Waals surface area contributed by atoms with Gasteiger partial charge in [-0.1, -0.05) is 71.6 Å². The molecule has 2 aliphatic rings. The van der Waals surface area contributed by atoms with Gasteiger partial charge in [0.1, 0.15) is 0 Å². The zero-order chi connectivity index (χ0) is 30.3. The maximum absolute atomic E-state index is 12.9. The van der Waals surface area contributed by atoms with Gasteiger partial charge in [-0.25, -0.2) is 4.79 Å². The molecular formula is C39H48N2O2+2. The number of esters is 1. The molecule has 2 aromatic carbocycles. The summed E-state index contributed by atoms with van der Waals surface area (Å²) in [5.41, 5.74) is 9.87. The summed E-state index contributed by atoms with van der Waals surface area (Å²) >= 11 is 0. The van der Waals surface area contributed by atoms with Gasteiger partial charge in [-0.2, -0.15) is 9.13 Å². The van der Waals surface area contributed by atoms with Crippen LogP contribution in [0, 0.1) is 19.8 Å². The van der Waals surface area contributed by atoms with Crippen LogP contribution in [-0.4, -0.2) is 5.97 Å². The summed E-state index contributed by atoms with van der Waals surface area (Å²) in [6.45, 7) is 13.8. The summed E-state index contributed by atoms with van der Waals surface area (Å²) in [6.07, 6.45) is 10.7. The van der Waals surface area contributed by atoms with Gasteiger partial charge < -0.3 is 4.74 Å². The average Bonchev–Trinajstić information content (AvgIpc) is 3.33. The highest BCUT2D eigenvalue weighted by atomic mass is 16.6. The molecule has 0 spiro atoms. The molecule has 3 atom stereocenters. The molecule has 0 saturated heterocycles. The number of ether oxygens (including phenoxy) is 1. The van der Waals surface area contributed by atoms with Crippen LogP contribution in [0.3, 0.4) is 0 Å². The molecule has 0 amide bonds. The SMILES string of the molecule is CCCCCC(C)Cc1cccc2c1ccc1[n+]2C(CC)(CC)C(CC2OC(=O)c3cccc[n+]32)c2cc(C)c(C)cc2-1. The Balaban J connectivity index is 1.53. The molecular weight excluding hydrogens is 528 g/mol. The molecule has 2 aliphatic heterocycles. The number of hydrogen-bond donors (Lipinski definition) is 0. The van der Waals surface area contributed by atoms with E-state index in [0.29, 0.717) is 11.6 Å². The lowest BCUT2D eigenvalue weighted by Crippen LogP contribution is -2.63. The Morgan fingerprint density at radius 3 is 2.47 bits per heavy atom. The molecule has 0 fully saturated rings. The van der Waals surface area contributed by atoms with Gasteiger partial charge in [0, 0.05) is 42.5 Å². The van der Waals surface area contributed by atoms with Crippen molar-refractivity contribution in [3.63, 3.8) is 0 Å². The minimum absolute atomic E-state index is 0.167. The molecule has 2 aromatic heterocycles. The van der Waals surface area contributed by atoms with E-state index >= 15 is 0 Å². The van der Waals surface area contributed by atoms with E-state index in [4.69, 9.17) is 4.74 Å². The Kier molecular flexibility index (Phi) is 8.15. The number of cyclic esters (lactones) is 1. The van der Waals surface area contributed by atoms with Crippen molar-refractivity contribution < 1.29 is 18.7 Å². The number of aromatic nitrogens is 2. The van der Waals surface area contributed by atoms with Crippen molar-refractivity contribution in [2.24, 2.45) is 5.92 Å². The molecule has 224 valence electrons. The van der Waals surface area contributed by atoms with Crippen molar-refractivity contribution in [3.8, 4) is 11.3 Å². The van der Waals surface area contributed by atoms with Crippen LogP contribution < -0.4 is 9.13 Å². The van der Waals surface area contributed by atoms with Crippen LogP contribution in [0.15, 0.2) is 66.9 Å². The van der Waals surface area contributed by atoms with Crippen molar-refractivity contribution >= 4 is 16.9 Å². The highest BCUT2D eigenvalue weighted by Gasteiger charge is 2.55. The van der Waals surface area contributed by atoms with Gasteiger partial charge in [-0.15, -0.1) is 0 Å². The largest absolute Gasteiger partial charge is 0.408 e. The molecule has 6 rings (SSSR count). The molecule has 0 N–H and O–H groups in total. The summed E-state index contributed by atoms with van der Waals surface area (Å²) in [4.78, 5) is 12.9. The molecule has 4 aromatic rings. The van der Waals surface area contributed by atoms with E-state index < -0.39 is 0 Å². The number of fused-ring (bicyclic) bond motifs is 6. The Hall–Kier alpha value is -3.53. The van der Waals surface area contributed by atoms with E-state index in [1.807, 2.05) is 29.0 Å². The Morgan fingerprint density at radius 1 is 0.907 bits per heavy atom. The van der Waals surface area contributed by atoms with Crippen molar-refractivity contribution in [1.29, 1.82) is 0 Å². The van der Waals surface area contributed by atoms with E-state index in [1.165, 1.54) is 70.1 Å². The third kappa shape index (κ3) is 4.97. The van der Waals surface area contributed by atoms with Gasteiger partial charge in [-0.3, -0.25) is 0 Å². The van der Waals surface area contributed by atoms with Crippen LogP contribution in [0.4, 0.5) is 0 Å². The highest BCUT2D eigenvalue weighted by molar-refractivity contribution is 5.86. The zero-order valence-electron chi connectivity index (χ0n) is 27.0. The first-order chi connectivity index (χ1) is 20.8. The monoisotopic (exact) mass is 576 g/mol. The van der Waals surface area contributed by atoms with Gasteiger partial charge in [0.15, 0.2) is 11.7 Å². The number of unbranched alkanes of at least 4 members (excludes halogenated alkanes) is 2. The van der Waals surface area contributed by atoms with Crippen LogP contribution in [0.2, 0.25) is 0 Å². The molecule has 4 heterocycles. The number of rotatable bonds is 10. The minimum Gasteiger partial charge on any atom is -0.394 e. The van der Waals surface area contributed by atoms with E-state index in [0.717, 1.165) is 25.7 Å². The van der Waals surface area contributed by atoms with E-state index in [-0.39, 0.29) is 23.7 Å². The normalized spacial score (nSPS) is 19.1. The Morgan fingerprint density at radius 2 is 1.70 bits per heavy atom. The molecule has 4 heteroatoms. The average molecular weight is 577 g/mol. The van der Waals surface area contributed by atoms with Crippen LogP contribution in [0.25, 0.3) is 22.2 Å². The Labute approximate surface area is 257 Å². The van der Waals surface area contributed by atoms with Crippen molar-refractivity contribution in [1.82, 2.24) is 0 Å². The number of hydrogen-bond acceptors (Lipinski definition) is 2. The van der Waals surface area contributed by atoms with Crippen molar-refractivity contribution in [3.05, 3.63) is 94.8 Å². The first kappa shape index (κ1) is 29.5. The topological polar surface area (TPSA) is 34.1 Å². The fraction of sp³-hybridized carbons (Fsp3) is 0.462. The molecule has 4 nitrogen and oxygen atoms in total. The fourth-order valence-corrected chi connectivity index (χ4v) is 8.13. The number of carbonyl (C=O) groups excluding carboxylic acids is 1. The maximum Gasteiger partial charge on any atom is 0.408 e. The first-order valence-corrected chi connectivity index (χ1v) is 16.6. The number of pyridine rings is 2. The second-order valence-electron chi connectivity index (χ2n) is 13.2. The predicted octanol–water partition coefficient (Wildman–Crippen LogP) is 8.83. The fourth-order valence-electron chi connectivity index (χ4n) is 8.13. The minimum atomic E-state index is -0.322. The third-order valence-corrected chi connectivity index (χ3v) is 10.7. The number of aryl methyl sites for hydroxylation is 2. The van der Waals surface area contributed by atoms with Gasteiger partial charge in [0.05, 0.1) is 17.9 Å². The molecule has 0 saturated carbocycles. The number of nitrogens with zero attached hydrogens (tertiary/aromatic N) is 2. The highest BCUT2D eigenvalue weighted by Crippen LogP contribution is 2.50. The zero-order valence-corrected chi connectivity index (χ0v) is 27.0. The summed E-state index contributed by atoms with van der Waals surface area (Å²) in [6, 6.07) is 22.3. The van der Waals surface area contributed by atoms with Crippen LogP contribution in [0.5, 0.6) is 0 Å². The second kappa shape index (κ2) is 11.9. The Bertz CT molecular complexity index is 1670.